The summed E-state index contributed by atoms with van der Waals surface area (Å²) in [6.45, 7) is 0. The van der Waals surface area contributed by atoms with Gasteiger partial charge in [-0.05, 0) is 12.1 Å². The van der Waals surface area contributed by atoms with E-state index in [4.69, 9.17) is 4.42 Å². The van der Waals surface area contributed by atoms with Gasteiger partial charge in [0, 0.05) is 6.07 Å². The number of methoxy groups -OCH3 is 1. The Labute approximate surface area is 117 Å². The first-order chi connectivity index (χ1) is 10.2. The number of ether oxygens (including phenoxy) is 1. The number of anilines is 2. The van der Waals surface area contributed by atoms with Crippen molar-refractivity contribution in [1.82, 2.24) is 15.0 Å². The average Bonchev–Trinajstić information content (AvgIpc) is 2.87. The maximum Gasteiger partial charge on any atom is 0.357 e. The molecule has 8 nitrogen and oxygen atoms in total. The molecule has 0 saturated heterocycles. The third-order valence-electron chi connectivity index (χ3n) is 2.66. The van der Waals surface area contributed by atoms with E-state index in [1.54, 1.807) is 12.1 Å². The predicted molar refractivity (Wildman–Crippen MR) is 73.5 cm³/mol. The number of fused-ring (bicyclic) bond motifs is 1. The summed E-state index contributed by atoms with van der Waals surface area (Å²) in [6.07, 6.45) is 0. The van der Waals surface area contributed by atoms with Crippen molar-refractivity contribution in [2.45, 2.75) is 0 Å². The van der Waals surface area contributed by atoms with E-state index in [2.05, 4.69) is 25.0 Å². The van der Waals surface area contributed by atoms with Gasteiger partial charge in [-0.1, -0.05) is 12.1 Å². The normalized spacial score (nSPS) is 10.5. The van der Waals surface area contributed by atoms with Gasteiger partial charge in [-0.25, -0.2) is 9.78 Å². The number of H-pyrrole nitrogens is 1. The molecule has 0 fully saturated rings. The quantitative estimate of drug-likeness (QED) is 0.701. The average molecular weight is 286 g/mol. The van der Waals surface area contributed by atoms with Crippen LogP contribution in [0.4, 0.5) is 12.0 Å². The molecule has 0 radical (unpaired) electrons. The molecule has 8 heteroatoms. The summed E-state index contributed by atoms with van der Waals surface area (Å²) < 4.78 is 9.96. The van der Waals surface area contributed by atoms with Gasteiger partial charge >= 0.3 is 12.0 Å². The SMILES string of the molecule is COC(=O)c1cc(=O)[nH]c(Nc2nc3ccccc3o2)n1. The molecule has 0 aliphatic carbocycles. The highest BCUT2D eigenvalue weighted by molar-refractivity contribution is 5.87. The second-order valence-electron chi connectivity index (χ2n) is 4.08. The minimum absolute atomic E-state index is 0.0365. The van der Waals surface area contributed by atoms with Crippen LogP contribution in [0, 0.1) is 0 Å². The number of aromatic amines is 1. The Balaban J connectivity index is 1.95. The van der Waals surface area contributed by atoms with Crippen LogP contribution in [0.3, 0.4) is 0 Å². The van der Waals surface area contributed by atoms with Crippen molar-refractivity contribution in [3.8, 4) is 0 Å². The number of aromatic nitrogens is 3. The molecule has 0 amide bonds. The van der Waals surface area contributed by atoms with Crippen LogP contribution in [0.15, 0.2) is 39.5 Å². The van der Waals surface area contributed by atoms with Crippen LogP contribution in [0.25, 0.3) is 11.1 Å². The first-order valence-electron chi connectivity index (χ1n) is 5.98. The number of nitrogens with zero attached hydrogens (tertiary/aromatic N) is 2. The van der Waals surface area contributed by atoms with Crippen LogP contribution in [0.5, 0.6) is 0 Å². The number of oxazole rings is 1. The van der Waals surface area contributed by atoms with E-state index in [9.17, 15) is 9.59 Å². The van der Waals surface area contributed by atoms with Crippen molar-refractivity contribution < 1.29 is 13.9 Å². The van der Waals surface area contributed by atoms with E-state index in [1.807, 2.05) is 12.1 Å². The number of para-hydroxylation sites is 2. The van der Waals surface area contributed by atoms with Crippen molar-refractivity contribution in [3.05, 3.63) is 46.4 Å². The molecule has 0 bridgehead atoms. The smallest absolute Gasteiger partial charge is 0.357 e. The second kappa shape index (κ2) is 5.08. The number of rotatable bonds is 3. The molecule has 3 rings (SSSR count). The summed E-state index contributed by atoms with van der Waals surface area (Å²) in [5.74, 6) is -0.670. The van der Waals surface area contributed by atoms with Gasteiger partial charge < -0.3 is 9.15 Å². The molecule has 0 aliphatic heterocycles. The highest BCUT2D eigenvalue weighted by Gasteiger charge is 2.12. The Hall–Kier alpha value is -3.16. The van der Waals surface area contributed by atoms with Crippen molar-refractivity contribution in [1.29, 1.82) is 0 Å². The van der Waals surface area contributed by atoms with E-state index in [1.165, 1.54) is 7.11 Å². The van der Waals surface area contributed by atoms with Crippen LogP contribution in [-0.4, -0.2) is 28.0 Å². The van der Waals surface area contributed by atoms with Gasteiger partial charge in [0.25, 0.3) is 5.56 Å². The molecule has 2 N–H and O–H groups in total. The molecule has 0 spiro atoms. The van der Waals surface area contributed by atoms with Crippen LogP contribution >= 0.6 is 0 Å². The minimum atomic E-state index is -0.707. The van der Waals surface area contributed by atoms with Gasteiger partial charge in [0.1, 0.15) is 5.52 Å². The number of carbonyl (C=O) groups excluding carboxylic acids is 1. The van der Waals surface area contributed by atoms with Crippen molar-refractivity contribution in [2.24, 2.45) is 0 Å². The van der Waals surface area contributed by atoms with Crippen molar-refractivity contribution in [2.75, 3.05) is 12.4 Å². The lowest BCUT2D eigenvalue weighted by Crippen LogP contribution is -2.15. The number of hydrogen-bond acceptors (Lipinski definition) is 7. The van der Waals surface area contributed by atoms with Gasteiger partial charge in [0.15, 0.2) is 11.3 Å². The second-order valence-corrected chi connectivity index (χ2v) is 4.08. The maximum atomic E-state index is 11.5. The summed E-state index contributed by atoms with van der Waals surface area (Å²) in [7, 11) is 1.21. The summed E-state index contributed by atoms with van der Waals surface area (Å²) >= 11 is 0. The van der Waals surface area contributed by atoms with E-state index < -0.39 is 11.5 Å². The Bertz CT molecular complexity index is 835. The summed E-state index contributed by atoms with van der Waals surface area (Å²) in [4.78, 5) is 33.4. The van der Waals surface area contributed by atoms with Crippen molar-refractivity contribution >= 4 is 29.0 Å². The van der Waals surface area contributed by atoms with Crippen LogP contribution in [0.2, 0.25) is 0 Å². The van der Waals surface area contributed by atoms with Crippen LogP contribution in [0.1, 0.15) is 10.5 Å². The van der Waals surface area contributed by atoms with Gasteiger partial charge in [-0.3, -0.25) is 15.1 Å². The highest BCUT2D eigenvalue weighted by atomic mass is 16.5. The van der Waals surface area contributed by atoms with E-state index in [0.29, 0.717) is 11.1 Å². The molecule has 2 heterocycles. The van der Waals surface area contributed by atoms with Crippen LogP contribution in [-0.2, 0) is 4.74 Å². The lowest BCUT2D eigenvalue weighted by atomic mass is 10.3. The lowest BCUT2D eigenvalue weighted by Gasteiger charge is -2.02. The largest absolute Gasteiger partial charge is 0.464 e. The van der Waals surface area contributed by atoms with Gasteiger partial charge in [-0.15, -0.1) is 0 Å². The zero-order valence-electron chi connectivity index (χ0n) is 10.9. The monoisotopic (exact) mass is 286 g/mol. The Morgan fingerprint density at radius 2 is 2.14 bits per heavy atom. The summed E-state index contributed by atoms with van der Waals surface area (Å²) in [5, 5.41) is 2.70. The first-order valence-corrected chi connectivity index (χ1v) is 5.98. The van der Waals surface area contributed by atoms with Gasteiger partial charge in [0.05, 0.1) is 7.11 Å². The fourth-order valence-electron chi connectivity index (χ4n) is 1.75. The van der Waals surface area contributed by atoms with Crippen LogP contribution < -0.4 is 10.9 Å². The number of hydrogen-bond donors (Lipinski definition) is 2. The van der Waals surface area contributed by atoms with E-state index in [0.717, 1.165) is 6.07 Å². The van der Waals surface area contributed by atoms with Gasteiger partial charge in [0.2, 0.25) is 5.95 Å². The standard InChI is InChI=1S/C13H10N4O4/c1-20-11(19)8-6-10(18)16-12(14-8)17-13-15-7-4-2-3-5-9(7)21-13/h2-6H,1H3,(H2,14,15,16,17,18). The predicted octanol–water partition coefficient (Wildman–Crippen LogP) is 1.44. The molecule has 106 valence electrons. The lowest BCUT2D eigenvalue weighted by molar-refractivity contribution is 0.0594. The highest BCUT2D eigenvalue weighted by Crippen LogP contribution is 2.19. The van der Waals surface area contributed by atoms with Gasteiger partial charge in [-0.2, -0.15) is 4.98 Å². The molecule has 0 unspecified atom stereocenters. The Morgan fingerprint density at radius 1 is 1.33 bits per heavy atom. The molecule has 21 heavy (non-hydrogen) atoms. The fourth-order valence-corrected chi connectivity index (χ4v) is 1.75. The Morgan fingerprint density at radius 3 is 2.90 bits per heavy atom. The third-order valence-corrected chi connectivity index (χ3v) is 2.66. The number of nitrogens with one attached hydrogen (secondary N) is 2. The molecule has 0 atom stereocenters. The zero-order chi connectivity index (χ0) is 14.8. The third kappa shape index (κ3) is 2.59. The summed E-state index contributed by atoms with van der Waals surface area (Å²) in [6, 6.07) is 8.38. The van der Waals surface area contributed by atoms with E-state index in [-0.39, 0.29) is 17.7 Å². The molecule has 2 aromatic heterocycles. The fraction of sp³-hybridized carbons (Fsp3) is 0.0769. The number of carbonyl (C=O) groups is 1. The number of esters is 1. The summed E-state index contributed by atoms with van der Waals surface area (Å²) in [5.41, 5.74) is 0.641. The zero-order valence-corrected chi connectivity index (χ0v) is 10.9. The molecule has 0 aliphatic rings. The minimum Gasteiger partial charge on any atom is -0.464 e. The molecule has 0 saturated carbocycles. The van der Waals surface area contributed by atoms with E-state index >= 15 is 0 Å². The van der Waals surface area contributed by atoms with Crippen molar-refractivity contribution in [3.63, 3.8) is 0 Å². The maximum absolute atomic E-state index is 11.5. The molecule has 1 aromatic carbocycles. The molecule has 3 aromatic rings. The molecular formula is C13H10N4O4. The topological polar surface area (TPSA) is 110 Å². The first kappa shape index (κ1) is 12.9. The Kier molecular flexibility index (Phi) is 3.11. The number of benzene rings is 1. The molecular weight excluding hydrogens is 276 g/mol.